The largest absolute Gasteiger partial charge is 1.00 e. The molecule has 0 aromatic heterocycles. The maximum atomic E-state index is 12.0. The van der Waals surface area contributed by atoms with Crippen LogP contribution in [0.3, 0.4) is 0 Å². The van der Waals surface area contributed by atoms with Crippen molar-refractivity contribution >= 4 is 11.9 Å². The van der Waals surface area contributed by atoms with Crippen molar-refractivity contribution in [3.05, 3.63) is 0 Å². The van der Waals surface area contributed by atoms with E-state index < -0.39 is 12.5 Å². The minimum atomic E-state index is -1.24. The van der Waals surface area contributed by atoms with E-state index in [0.717, 1.165) is 37.0 Å². The number of aliphatic carboxylic acids is 1. The fraction of sp³-hybridized carbons (Fsp3) is 0.923. The molecule has 0 aromatic rings. The van der Waals surface area contributed by atoms with Crippen LogP contribution in [0.5, 0.6) is 0 Å². The van der Waals surface area contributed by atoms with E-state index in [4.69, 9.17) is 0 Å². The minimum absolute atomic E-state index is 0. The molecule has 0 bridgehead atoms. The van der Waals surface area contributed by atoms with Gasteiger partial charge in [-0.25, -0.2) is 0 Å². The molecule has 0 radical (unpaired) electrons. The summed E-state index contributed by atoms with van der Waals surface area (Å²) in [6.07, 6.45) is 12.2. The number of nitrogens with one attached hydrogen (secondary N) is 1. The van der Waals surface area contributed by atoms with Crippen LogP contribution >= 0.6 is 0 Å². The number of carboxylic acids is 1. The first kappa shape index (κ1) is 26.5. The summed E-state index contributed by atoms with van der Waals surface area (Å²) in [6, 6.07) is 0. The van der Waals surface area contributed by atoms with Gasteiger partial charge in [-0.15, -0.1) is 0 Å². The number of hydrogen-bond acceptors (Lipinski definition) is 4. The van der Waals surface area contributed by atoms with Crippen molar-refractivity contribution in [2.45, 2.75) is 97.5 Å². The van der Waals surface area contributed by atoms with Crippen LogP contribution in [0, 0.1) is 46.3 Å². The second kappa shape index (κ2) is 10.3. The van der Waals surface area contributed by atoms with Crippen molar-refractivity contribution in [3.8, 4) is 0 Å². The maximum Gasteiger partial charge on any atom is 1.00 e. The predicted molar refractivity (Wildman–Crippen MR) is 118 cm³/mol. The van der Waals surface area contributed by atoms with E-state index in [-0.39, 0.29) is 41.6 Å². The Kier molecular flexibility index (Phi) is 8.49. The molecule has 4 fully saturated rings. The first-order chi connectivity index (χ1) is 14.6. The van der Waals surface area contributed by atoms with Gasteiger partial charge in [-0.3, -0.25) is 4.79 Å². The summed E-state index contributed by atoms with van der Waals surface area (Å²) in [6.45, 7) is 6.99. The summed E-state index contributed by atoms with van der Waals surface area (Å²) in [5, 5.41) is 23.2. The van der Waals surface area contributed by atoms with Crippen LogP contribution in [0.25, 0.3) is 0 Å². The Morgan fingerprint density at radius 1 is 1.03 bits per heavy atom. The second-order valence-corrected chi connectivity index (χ2v) is 12.0. The molecule has 176 valence electrons. The third-order valence-electron chi connectivity index (χ3n) is 10.7. The average molecular weight is 456 g/mol. The topological polar surface area (TPSA) is 89.5 Å². The summed E-state index contributed by atoms with van der Waals surface area (Å²) < 4.78 is 0. The molecule has 9 atom stereocenters. The van der Waals surface area contributed by atoms with Gasteiger partial charge in [0.25, 0.3) is 0 Å². The fourth-order valence-electron chi connectivity index (χ4n) is 9.03. The van der Waals surface area contributed by atoms with Gasteiger partial charge in [0.1, 0.15) is 0 Å². The van der Waals surface area contributed by atoms with Crippen LogP contribution in [-0.2, 0) is 9.59 Å². The van der Waals surface area contributed by atoms with E-state index in [0.29, 0.717) is 35.0 Å². The van der Waals surface area contributed by atoms with Crippen LogP contribution in [0.1, 0.15) is 91.4 Å². The third kappa shape index (κ3) is 4.83. The third-order valence-corrected chi connectivity index (χ3v) is 10.7. The van der Waals surface area contributed by atoms with Crippen molar-refractivity contribution in [2.24, 2.45) is 46.3 Å². The summed E-state index contributed by atoms with van der Waals surface area (Å²) in [4.78, 5) is 22.5. The Morgan fingerprint density at radius 2 is 1.72 bits per heavy atom. The molecule has 4 rings (SSSR count). The van der Waals surface area contributed by atoms with Gasteiger partial charge >= 0.3 is 29.6 Å². The molecule has 0 saturated heterocycles. The maximum absolute atomic E-state index is 12.0. The first-order valence-corrected chi connectivity index (χ1v) is 12.8. The normalized spacial score (nSPS) is 43.8. The van der Waals surface area contributed by atoms with E-state index in [1.54, 1.807) is 0 Å². The molecule has 2 N–H and O–H groups in total. The predicted octanol–water partition coefficient (Wildman–Crippen LogP) is 0.293. The first-order valence-electron chi connectivity index (χ1n) is 12.8. The molecule has 4 aliphatic rings. The van der Waals surface area contributed by atoms with E-state index in [1.165, 1.54) is 44.9 Å². The number of carbonyl (C=O) groups is 2. The molecule has 0 aliphatic heterocycles. The zero-order valence-corrected chi connectivity index (χ0v) is 22.7. The Bertz CT molecular complexity index is 701. The molecule has 32 heavy (non-hydrogen) atoms. The average Bonchev–Trinajstić information content (AvgIpc) is 3.08. The Morgan fingerprint density at radius 3 is 2.44 bits per heavy atom. The van der Waals surface area contributed by atoms with Crippen LogP contribution in [0.2, 0.25) is 0 Å². The number of carboxylic acid groups (broad SMARTS) is 1. The summed E-state index contributed by atoms with van der Waals surface area (Å²) >= 11 is 0. The van der Waals surface area contributed by atoms with Crippen molar-refractivity contribution < 1.29 is 49.4 Å². The molecule has 4 aliphatic carbocycles. The van der Waals surface area contributed by atoms with Crippen molar-refractivity contribution in [1.82, 2.24) is 5.32 Å². The summed E-state index contributed by atoms with van der Waals surface area (Å²) in [5.74, 6) is 2.89. The Labute approximate surface area is 216 Å². The number of aliphatic hydroxyl groups excluding tert-OH is 1. The van der Waals surface area contributed by atoms with Gasteiger partial charge in [-0.2, -0.15) is 0 Å². The van der Waals surface area contributed by atoms with Crippen molar-refractivity contribution in [3.63, 3.8) is 0 Å². The Hall–Kier alpha value is -0.100. The number of aliphatic hydroxyl groups is 1. The molecule has 1 amide bonds. The minimum Gasteiger partial charge on any atom is -0.548 e. The van der Waals surface area contributed by atoms with Gasteiger partial charge in [0.15, 0.2) is 0 Å². The standard InChI is InChI=1S/C26H43NO4.Na/c1-16(4-9-23(29)27-15-24(30)31)20-7-8-21-19-6-5-17-14-18(28)10-12-25(17,2)22(19)11-13-26(20,21)3;/h16-22,28H,4-15H2,1-3H3,(H,27,29)(H,30,31);/q;+1/p-1/t16-,17-,18-,19+,20-,21+,22+,25+,26-;/m1./s1. The molecule has 0 heterocycles. The number of hydrogen-bond donors (Lipinski definition) is 2. The quantitative estimate of drug-likeness (QED) is 0.564. The molecular weight excluding hydrogens is 413 g/mol. The Balaban J connectivity index is 0.00000289. The summed E-state index contributed by atoms with van der Waals surface area (Å²) in [7, 11) is 0. The molecule has 0 spiro atoms. The molecule has 0 aromatic carbocycles. The molecule has 0 unspecified atom stereocenters. The zero-order valence-electron chi connectivity index (χ0n) is 20.7. The van der Waals surface area contributed by atoms with Gasteiger partial charge in [0.05, 0.1) is 18.6 Å². The van der Waals surface area contributed by atoms with Crippen LogP contribution in [-0.4, -0.2) is 29.6 Å². The van der Waals surface area contributed by atoms with Gasteiger partial charge in [0, 0.05) is 6.42 Å². The fourth-order valence-corrected chi connectivity index (χ4v) is 9.03. The molecular formula is C26H42NNaO4. The van der Waals surface area contributed by atoms with Gasteiger partial charge < -0.3 is 20.3 Å². The van der Waals surface area contributed by atoms with Gasteiger partial charge in [-0.1, -0.05) is 20.8 Å². The molecule has 6 heteroatoms. The van der Waals surface area contributed by atoms with Crippen molar-refractivity contribution in [1.29, 1.82) is 0 Å². The summed E-state index contributed by atoms with van der Waals surface area (Å²) in [5.41, 5.74) is 0.795. The van der Waals surface area contributed by atoms with E-state index >= 15 is 0 Å². The monoisotopic (exact) mass is 455 g/mol. The van der Waals surface area contributed by atoms with Gasteiger partial charge in [-0.05, 0) is 111 Å². The van der Waals surface area contributed by atoms with E-state index in [1.807, 2.05) is 0 Å². The van der Waals surface area contributed by atoms with E-state index in [2.05, 4.69) is 26.1 Å². The number of carbonyl (C=O) groups excluding carboxylic acids is 2. The van der Waals surface area contributed by atoms with Crippen molar-refractivity contribution in [2.75, 3.05) is 6.54 Å². The number of amides is 1. The van der Waals surface area contributed by atoms with E-state index in [9.17, 15) is 19.8 Å². The molecule has 5 nitrogen and oxygen atoms in total. The SMILES string of the molecule is C[C@H](CCC(=O)NCC(=O)[O-])[C@H]1CC[C@H]2[C@@H]3CC[C@@H]4C[C@H](O)CC[C@]4(C)[C@H]3CC[C@]12C.[Na+]. The number of rotatable bonds is 6. The van der Waals surface area contributed by atoms with Crippen LogP contribution < -0.4 is 40.0 Å². The number of fused-ring (bicyclic) bond motifs is 5. The van der Waals surface area contributed by atoms with Gasteiger partial charge in [0.2, 0.25) is 5.91 Å². The molecule has 4 saturated carbocycles. The smallest absolute Gasteiger partial charge is 0.548 e. The van der Waals surface area contributed by atoms with Crippen LogP contribution in [0.15, 0.2) is 0 Å². The van der Waals surface area contributed by atoms with Crippen LogP contribution in [0.4, 0.5) is 0 Å². The zero-order chi connectivity index (χ0) is 22.4. The second-order valence-electron chi connectivity index (χ2n) is 12.0.